The molecule has 2 heteroatoms. The summed E-state index contributed by atoms with van der Waals surface area (Å²) < 4.78 is 0. The van der Waals surface area contributed by atoms with E-state index in [2.05, 4.69) is 18.2 Å². The van der Waals surface area contributed by atoms with E-state index in [-0.39, 0.29) is 0 Å². The van der Waals surface area contributed by atoms with Crippen molar-refractivity contribution in [2.45, 2.75) is 12.8 Å². The molecule has 2 nitrogen and oxygen atoms in total. The van der Waals surface area contributed by atoms with Gasteiger partial charge in [0.2, 0.25) is 0 Å². The van der Waals surface area contributed by atoms with Crippen molar-refractivity contribution in [3.63, 3.8) is 0 Å². The van der Waals surface area contributed by atoms with Gasteiger partial charge in [-0.3, -0.25) is 0 Å². The Morgan fingerprint density at radius 3 is 2.68 bits per heavy atom. The molecule has 3 aromatic carbocycles. The fourth-order valence-electron chi connectivity index (χ4n) is 3.20. The summed E-state index contributed by atoms with van der Waals surface area (Å²) in [4.78, 5) is 11.4. The number of rotatable bonds is 1. The highest BCUT2D eigenvalue weighted by molar-refractivity contribution is 6.17. The first-order chi connectivity index (χ1) is 9.25. The lowest BCUT2D eigenvalue weighted by atomic mass is 9.88. The van der Waals surface area contributed by atoms with E-state index in [1.165, 1.54) is 16.2 Å². The van der Waals surface area contributed by atoms with Crippen molar-refractivity contribution in [2.24, 2.45) is 0 Å². The Kier molecular flexibility index (Phi) is 1.99. The summed E-state index contributed by atoms with van der Waals surface area (Å²) in [6, 6.07) is 11.9. The van der Waals surface area contributed by atoms with E-state index in [1.54, 1.807) is 6.07 Å². The maximum Gasteiger partial charge on any atom is 0.336 e. The maximum atomic E-state index is 11.4. The second-order valence-corrected chi connectivity index (χ2v) is 5.06. The van der Waals surface area contributed by atoms with Crippen molar-refractivity contribution in [3.8, 4) is 0 Å². The minimum atomic E-state index is -0.859. The van der Waals surface area contributed by atoms with Crippen molar-refractivity contribution in [1.29, 1.82) is 0 Å². The van der Waals surface area contributed by atoms with Gasteiger partial charge in [0.1, 0.15) is 0 Å². The summed E-state index contributed by atoms with van der Waals surface area (Å²) in [7, 11) is 0. The number of carboxylic acids is 1. The number of aryl methyl sites for hydroxylation is 1. The Labute approximate surface area is 110 Å². The van der Waals surface area contributed by atoms with Gasteiger partial charge in [-0.2, -0.15) is 0 Å². The van der Waals surface area contributed by atoms with Gasteiger partial charge in [-0.05, 0) is 51.2 Å². The van der Waals surface area contributed by atoms with Crippen molar-refractivity contribution < 1.29 is 9.90 Å². The number of aromatic carboxylic acids is 1. The number of hydrogen-bond donors (Lipinski definition) is 1. The SMILES string of the molecule is O=C(O)c1ccc2ccc3c4c(ccc1c24)=CCC3. The van der Waals surface area contributed by atoms with E-state index in [4.69, 9.17) is 0 Å². The van der Waals surface area contributed by atoms with Crippen LogP contribution in [0.15, 0.2) is 36.4 Å². The molecule has 0 saturated heterocycles. The van der Waals surface area contributed by atoms with Gasteiger partial charge < -0.3 is 5.11 Å². The van der Waals surface area contributed by atoms with Crippen molar-refractivity contribution >= 4 is 33.6 Å². The second kappa shape index (κ2) is 3.58. The average molecular weight is 248 g/mol. The van der Waals surface area contributed by atoms with Crippen LogP contribution in [-0.4, -0.2) is 11.1 Å². The summed E-state index contributed by atoms with van der Waals surface area (Å²) in [6.07, 6.45) is 4.35. The second-order valence-electron chi connectivity index (χ2n) is 5.06. The van der Waals surface area contributed by atoms with Crippen LogP contribution in [0.2, 0.25) is 0 Å². The average Bonchev–Trinajstić information content (AvgIpc) is 2.44. The van der Waals surface area contributed by atoms with Crippen LogP contribution in [0.4, 0.5) is 0 Å². The molecule has 0 spiro atoms. The summed E-state index contributed by atoms with van der Waals surface area (Å²) in [5.41, 5.74) is 1.72. The lowest BCUT2D eigenvalue weighted by Gasteiger charge is -2.15. The monoisotopic (exact) mass is 248 g/mol. The molecule has 3 aromatic rings. The smallest absolute Gasteiger partial charge is 0.336 e. The minimum absolute atomic E-state index is 0.391. The zero-order chi connectivity index (χ0) is 13.0. The molecule has 0 aliphatic heterocycles. The molecule has 0 fully saturated rings. The zero-order valence-electron chi connectivity index (χ0n) is 10.3. The highest BCUT2D eigenvalue weighted by Gasteiger charge is 2.15. The third kappa shape index (κ3) is 1.34. The van der Waals surface area contributed by atoms with Gasteiger partial charge >= 0.3 is 5.97 Å². The largest absolute Gasteiger partial charge is 0.478 e. The Bertz CT molecular complexity index is 891. The maximum absolute atomic E-state index is 11.4. The molecule has 0 radical (unpaired) electrons. The first-order valence-electron chi connectivity index (χ1n) is 6.46. The van der Waals surface area contributed by atoms with Gasteiger partial charge in [0, 0.05) is 0 Å². The van der Waals surface area contributed by atoms with Crippen LogP contribution < -0.4 is 5.22 Å². The van der Waals surface area contributed by atoms with Crippen LogP contribution in [0.25, 0.3) is 27.6 Å². The first-order valence-corrected chi connectivity index (χ1v) is 6.46. The quantitative estimate of drug-likeness (QED) is 0.718. The molecular formula is C17H12O2. The lowest BCUT2D eigenvalue weighted by molar-refractivity contribution is 0.0699. The molecule has 4 rings (SSSR count). The molecule has 0 heterocycles. The third-order valence-corrected chi connectivity index (χ3v) is 4.04. The topological polar surface area (TPSA) is 37.3 Å². The summed E-state index contributed by atoms with van der Waals surface area (Å²) in [5, 5.41) is 14.9. The normalized spacial score (nSPS) is 13.7. The van der Waals surface area contributed by atoms with Gasteiger partial charge in [-0.15, -0.1) is 0 Å². The minimum Gasteiger partial charge on any atom is -0.478 e. The van der Waals surface area contributed by atoms with E-state index in [1.807, 2.05) is 18.2 Å². The molecule has 1 N–H and O–H groups in total. The number of carbonyl (C=O) groups is 1. The van der Waals surface area contributed by atoms with Crippen molar-refractivity contribution in [2.75, 3.05) is 0 Å². The first kappa shape index (κ1) is 10.6. The predicted octanol–water partition coefficient (Wildman–Crippen LogP) is 3.14. The summed E-state index contributed by atoms with van der Waals surface area (Å²) >= 11 is 0. The highest BCUT2D eigenvalue weighted by atomic mass is 16.4. The predicted molar refractivity (Wildman–Crippen MR) is 76.4 cm³/mol. The molecular weight excluding hydrogens is 236 g/mol. The Balaban J connectivity index is 2.34. The lowest BCUT2D eigenvalue weighted by Crippen LogP contribution is -2.11. The molecule has 0 amide bonds. The fourth-order valence-corrected chi connectivity index (χ4v) is 3.20. The molecule has 0 aromatic heterocycles. The van der Waals surface area contributed by atoms with Crippen LogP contribution in [-0.2, 0) is 6.42 Å². The van der Waals surface area contributed by atoms with Crippen LogP contribution in [0, 0.1) is 0 Å². The Morgan fingerprint density at radius 2 is 1.84 bits per heavy atom. The van der Waals surface area contributed by atoms with E-state index >= 15 is 0 Å². The Morgan fingerprint density at radius 1 is 1.00 bits per heavy atom. The highest BCUT2D eigenvalue weighted by Crippen LogP contribution is 2.31. The molecule has 19 heavy (non-hydrogen) atoms. The third-order valence-electron chi connectivity index (χ3n) is 4.04. The zero-order valence-corrected chi connectivity index (χ0v) is 10.3. The summed E-state index contributed by atoms with van der Waals surface area (Å²) in [5.74, 6) is -0.859. The van der Waals surface area contributed by atoms with Gasteiger partial charge in [0.25, 0.3) is 0 Å². The molecule has 0 saturated carbocycles. The molecule has 0 atom stereocenters. The summed E-state index contributed by atoms with van der Waals surface area (Å²) in [6.45, 7) is 0. The van der Waals surface area contributed by atoms with Gasteiger partial charge in [0.05, 0.1) is 5.56 Å². The Hall–Kier alpha value is -2.35. The van der Waals surface area contributed by atoms with Crippen LogP contribution in [0.1, 0.15) is 22.3 Å². The van der Waals surface area contributed by atoms with Crippen LogP contribution in [0.5, 0.6) is 0 Å². The molecule has 0 unspecified atom stereocenters. The van der Waals surface area contributed by atoms with E-state index in [0.717, 1.165) is 29.0 Å². The number of carboxylic acid groups (broad SMARTS) is 1. The number of hydrogen-bond acceptors (Lipinski definition) is 1. The van der Waals surface area contributed by atoms with Crippen molar-refractivity contribution in [3.05, 3.63) is 52.7 Å². The molecule has 0 bridgehead atoms. The fraction of sp³-hybridized carbons (Fsp3) is 0.118. The molecule has 1 aliphatic rings. The van der Waals surface area contributed by atoms with Gasteiger partial charge in [-0.25, -0.2) is 4.79 Å². The van der Waals surface area contributed by atoms with Crippen molar-refractivity contribution in [1.82, 2.24) is 0 Å². The number of benzene rings is 3. The van der Waals surface area contributed by atoms with Crippen LogP contribution >= 0.6 is 0 Å². The van der Waals surface area contributed by atoms with Gasteiger partial charge in [0.15, 0.2) is 0 Å². The van der Waals surface area contributed by atoms with Gasteiger partial charge in [-0.1, -0.05) is 36.4 Å². The van der Waals surface area contributed by atoms with E-state index < -0.39 is 5.97 Å². The van der Waals surface area contributed by atoms with E-state index in [9.17, 15) is 9.90 Å². The van der Waals surface area contributed by atoms with Crippen LogP contribution in [0.3, 0.4) is 0 Å². The van der Waals surface area contributed by atoms with E-state index in [0.29, 0.717) is 5.56 Å². The molecule has 92 valence electrons. The standard InChI is InChI=1S/C17H12O2/c18-17(19)14-9-7-12-5-4-10-2-1-3-11-6-8-13(14)16(12)15(10)11/h3-9H,1-2H2,(H,18,19). The molecule has 1 aliphatic carbocycles.